The molecule has 0 bridgehead atoms. The van der Waals surface area contributed by atoms with E-state index in [0.29, 0.717) is 5.82 Å². The maximum absolute atomic E-state index is 12.2. The van der Waals surface area contributed by atoms with Crippen molar-refractivity contribution in [3.63, 3.8) is 0 Å². The third kappa shape index (κ3) is 5.79. The maximum Gasteiger partial charge on any atom is 0.240 e. The van der Waals surface area contributed by atoms with Crippen LogP contribution >= 0.6 is 15.9 Å². The lowest BCUT2D eigenvalue weighted by Gasteiger charge is -2.13. The first-order valence-electron chi connectivity index (χ1n) is 8.89. The van der Waals surface area contributed by atoms with Crippen LogP contribution in [0.2, 0.25) is 0 Å². The molecule has 3 rings (SSSR count). The van der Waals surface area contributed by atoms with Gasteiger partial charge in [-0.15, -0.1) is 0 Å². The van der Waals surface area contributed by atoms with Gasteiger partial charge in [0.1, 0.15) is 18.0 Å². The SMILES string of the molecule is CNS(=O)(=O)c1ccc(S(C)(=O)=O)c(Nc2cc(Nc3cc(C)cc(Br)c3)ncn2)c1. The number of rotatable bonds is 7. The van der Waals surface area contributed by atoms with Crippen LogP contribution in [0.3, 0.4) is 0 Å². The van der Waals surface area contributed by atoms with E-state index in [2.05, 4.69) is 41.3 Å². The van der Waals surface area contributed by atoms with Crippen LogP contribution in [0.1, 0.15) is 5.56 Å². The summed E-state index contributed by atoms with van der Waals surface area (Å²) in [6.45, 7) is 1.96. The highest BCUT2D eigenvalue weighted by atomic mass is 79.9. The van der Waals surface area contributed by atoms with E-state index in [9.17, 15) is 16.8 Å². The number of benzene rings is 2. The predicted octanol–water partition coefficient (Wildman–Crippen LogP) is 3.35. The van der Waals surface area contributed by atoms with E-state index in [0.717, 1.165) is 22.0 Å². The molecule has 0 amide bonds. The molecule has 31 heavy (non-hydrogen) atoms. The second-order valence-electron chi connectivity index (χ2n) is 6.69. The van der Waals surface area contributed by atoms with E-state index in [1.807, 2.05) is 25.1 Å². The fourth-order valence-corrected chi connectivity index (χ4v) is 4.99. The summed E-state index contributed by atoms with van der Waals surface area (Å²) in [4.78, 5) is 8.15. The molecule has 0 aliphatic rings. The van der Waals surface area contributed by atoms with Crippen molar-refractivity contribution in [3.8, 4) is 0 Å². The fourth-order valence-electron chi connectivity index (χ4n) is 2.80. The molecule has 12 heteroatoms. The van der Waals surface area contributed by atoms with Crippen LogP contribution < -0.4 is 15.4 Å². The van der Waals surface area contributed by atoms with Gasteiger partial charge in [-0.3, -0.25) is 0 Å². The van der Waals surface area contributed by atoms with Gasteiger partial charge in [0.2, 0.25) is 10.0 Å². The molecule has 0 aliphatic carbocycles. The monoisotopic (exact) mass is 525 g/mol. The van der Waals surface area contributed by atoms with Crippen LogP contribution in [-0.4, -0.2) is 40.1 Å². The van der Waals surface area contributed by atoms with Gasteiger partial charge in [0.15, 0.2) is 9.84 Å². The minimum Gasteiger partial charge on any atom is -0.340 e. The molecule has 0 atom stereocenters. The lowest BCUT2D eigenvalue weighted by atomic mass is 10.2. The molecule has 0 saturated heterocycles. The van der Waals surface area contributed by atoms with Crippen molar-refractivity contribution in [1.82, 2.24) is 14.7 Å². The maximum atomic E-state index is 12.2. The van der Waals surface area contributed by atoms with E-state index in [-0.39, 0.29) is 21.3 Å². The second-order valence-corrected chi connectivity index (χ2v) is 11.5. The van der Waals surface area contributed by atoms with Crippen molar-refractivity contribution in [2.75, 3.05) is 23.9 Å². The van der Waals surface area contributed by atoms with E-state index in [4.69, 9.17) is 0 Å². The van der Waals surface area contributed by atoms with Gasteiger partial charge in [-0.2, -0.15) is 0 Å². The van der Waals surface area contributed by atoms with Crippen molar-refractivity contribution in [2.24, 2.45) is 0 Å². The molecule has 1 aromatic heterocycles. The predicted molar refractivity (Wildman–Crippen MR) is 123 cm³/mol. The lowest BCUT2D eigenvalue weighted by Crippen LogP contribution is -2.19. The van der Waals surface area contributed by atoms with Crippen LogP contribution in [0.4, 0.5) is 23.0 Å². The van der Waals surface area contributed by atoms with Gasteiger partial charge in [-0.25, -0.2) is 31.5 Å². The average Bonchev–Trinajstić information content (AvgIpc) is 2.66. The van der Waals surface area contributed by atoms with Crippen molar-refractivity contribution in [1.29, 1.82) is 0 Å². The molecule has 1 heterocycles. The number of sulfonamides is 1. The summed E-state index contributed by atoms with van der Waals surface area (Å²) in [6.07, 6.45) is 2.35. The van der Waals surface area contributed by atoms with E-state index < -0.39 is 19.9 Å². The highest BCUT2D eigenvalue weighted by molar-refractivity contribution is 9.10. The highest BCUT2D eigenvalue weighted by Gasteiger charge is 2.19. The molecule has 0 spiro atoms. The van der Waals surface area contributed by atoms with Gasteiger partial charge in [0.05, 0.1) is 15.5 Å². The molecule has 0 fully saturated rings. The summed E-state index contributed by atoms with van der Waals surface area (Å²) in [5, 5.41) is 6.05. The van der Waals surface area contributed by atoms with Gasteiger partial charge < -0.3 is 10.6 Å². The zero-order valence-electron chi connectivity index (χ0n) is 16.8. The Balaban J connectivity index is 1.98. The number of aromatic nitrogens is 2. The van der Waals surface area contributed by atoms with Gasteiger partial charge in [0, 0.05) is 22.5 Å². The minimum absolute atomic E-state index is 0.0571. The van der Waals surface area contributed by atoms with Gasteiger partial charge in [-0.1, -0.05) is 15.9 Å². The number of aryl methyl sites for hydroxylation is 1. The Morgan fingerprint density at radius 1 is 0.903 bits per heavy atom. The second kappa shape index (κ2) is 8.91. The zero-order valence-corrected chi connectivity index (χ0v) is 20.1. The molecular weight excluding hydrogens is 506 g/mol. The van der Waals surface area contributed by atoms with E-state index >= 15 is 0 Å². The van der Waals surface area contributed by atoms with Gasteiger partial charge in [0.25, 0.3) is 0 Å². The van der Waals surface area contributed by atoms with Crippen molar-refractivity contribution in [3.05, 3.63) is 58.8 Å². The topological polar surface area (TPSA) is 130 Å². The third-order valence-corrected chi connectivity index (χ3v) is 7.20. The molecule has 9 nitrogen and oxygen atoms in total. The number of anilines is 4. The number of hydrogen-bond donors (Lipinski definition) is 3. The first kappa shape index (κ1) is 23.1. The lowest BCUT2D eigenvalue weighted by molar-refractivity contribution is 0.587. The fraction of sp³-hybridized carbons (Fsp3) is 0.158. The molecule has 2 aromatic carbocycles. The van der Waals surface area contributed by atoms with Crippen molar-refractivity contribution >= 4 is 58.8 Å². The Kier molecular flexibility index (Phi) is 6.65. The Morgan fingerprint density at radius 3 is 2.19 bits per heavy atom. The summed E-state index contributed by atoms with van der Waals surface area (Å²) in [5.74, 6) is 0.753. The van der Waals surface area contributed by atoms with E-state index in [1.54, 1.807) is 6.07 Å². The smallest absolute Gasteiger partial charge is 0.240 e. The third-order valence-electron chi connectivity index (χ3n) is 4.17. The van der Waals surface area contributed by atoms with Gasteiger partial charge in [-0.05, 0) is 55.9 Å². The molecule has 0 aliphatic heterocycles. The normalized spacial score (nSPS) is 11.9. The van der Waals surface area contributed by atoms with Gasteiger partial charge >= 0.3 is 0 Å². The summed E-state index contributed by atoms with van der Waals surface area (Å²) in [5.41, 5.74) is 1.93. The van der Waals surface area contributed by atoms with Crippen LogP contribution in [0.5, 0.6) is 0 Å². The summed E-state index contributed by atoms with van der Waals surface area (Å²) in [7, 11) is -6.12. The standard InChI is InChI=1S/C19H20BrN5O4S2/c1-12-6-13(20)8-14(7-12)24-18-10-19(23-11-22-18)25-16-9-15(31(28,29)21-2)4-5-17(16)30(3,26)27/h4-11,21H,1-3H3,(H2,22,23,24,25). The Bertz CT molecular complexity index is 1320. The largest absolute Gasteiger partial charge is 0.340 e. The molecule has 0 unspecified atom stereocenters. The van der Waals surface area contributed by atoms with Crippen LogP contribution in [-0.2, 0) is 19.9 Å². The Labute approximate surface area is 189 Å². The number of nitrogens with one attached hydrogen (secondary N) is 3. The molecule has 164 valence electrons. The first-order valence-corrected chi connectivity index (χ1v) is 13.1. The molecule has 0 radical (unpaired) electrons. The quantitative estimate of drug-likeness (QED) is 0.428. The van der Waals surface area contributed by atoms with Crippen LogP contribution in [0.15, 0.2) is 63.1 Å². The number of halogens is 1. The number of hydrogen-bond acceptors (Lipinski definition) is 8. The molecule has 0 saturated carbocycles. The first-order chi connectivity index (χ1) is 14.5. The van der Waals surface area contributed by atoms with Crippen LogP contribution in [0.25, 0.3) is 0 Å². The summed E-state index contributed by atoms with van der Waals surface area (Å²) >= 11 is 3.44. The molecular formula is C19H20BrN5O4S2. The summed E-state index contributed by atoms with van der Waals surface area (Å²) < 4.78 is 51.8. The average molecular weight is 526 g/mol. The number of nitrogens with zero attached hydrogens (tertiary/aromatic N) is 2. The zero-order chi connectivity index (χ0) is 22.8. The Morgan fingerprint density at radius 2 is 1.58 bits per heavy atom. The van der Waals surface area contributed by atoms with Crippen molar-refractivity contribution < 1.29 is 16.8 Å². The Hall–Kier alpha value is -2.54. The summed E-state index contributed by atoms with van der Waals surface area (Å²) in [6, 6.07) is 11.1. The minimum atomic E-state index is -3.77. The van der Waals surface area contributed by atoms with E-state index in [1.165, 1.54) is 31.6 Å². The highest BCUT2D eigenvalue weighted by Crippen LogP contribution is 2.28. The molecule has 3 aromatic rings. The number of sulfone groups is 1. The van der Waals surface area contributed by atoms with Crippen LogP contribution in [0, 0.1) is 6.92 Å². The molecule has 3 N–H and O–H groups in total. The van der Waals surface area contributed by atoms with Crippen molar-refractivity contribution in [2.45, 2.75) is 16.7 Å².